The van der Waals surface area contributed by atoms with Crippen molar-refractivity contribution >= 4 is 0 Å². The van der Waals surface area contributed by atoms with E-state index in [4.69, 9.17) is 0 Å². The molecule has 3 rings (SSSR count). The molecule has 1 saturated carbocycles. The van der Waals surface area contributed by atoms with Crippen molar-refractivity contribution in [1.82, 2.24) is 5.32 Å². The van der Waals surface area contributed by atoms with Gasteiger partial charge in [0.25, 0.3) is 0 Å². The zero-order valence-electron chi connectivity index (χ0n) is 16.3. The summed E-state index contributed by atoms with van der Waals surface area (Å²) in [6.45, 7) is 14.5. The summed E-state index contributed by atoms with van der Waals surface area (Å²) in [4.78, 5) is 0. The Morgan fingerprint density at radius 1 is 1.04 bits per heavy atom. The summed E-state index contributed by atoms with van der Waals surface area (Å²) in [5, 5.41) is 3.66. The van der Waals surface area contributed by atoms with Crippen LogP contribution in [0.3, 0.4) is 0 Å². The van der Waals surface area contributed by atoms with Gasteiger partial charge in [-0.15, -0.1) is 0 Å². The number of benzene rings is 1. The van der Waals surface area contributed by atoms with Crippen LogP contribution in [0.4, 0.5) is 0 Å². The Labute approximate surface area is 144 Å². The summed E-state index contributed by atoms with van der Waals surface area (Å²) in [5.74, 6) is 0.748. The minimum Gasteiger partial charge on any atom is -0.310 e. The number of nitrogens with one attached hydrogen (secondary N) is 1. The zero-order valence-corrected chi connectivity index (χ0v) is 16.3. The van der Waals surface area contributed by atoms with Gasteiger partial charge >= 0.3 is 0 Å². The van der Waals surface area contributed by atoms with Crippen LogP contribution in [0.25, 0.3) is 0 Å². The third kappa shape index (κ3) is 2.56. The van der Waals surface area contributed by atoms with Crippen molar-refractivity contribution in [3.63, 3.8) is 0 Å². The van der Waals surface area contributed by atoms with Gasteiger partial charge in [0, 0.05) is 6.97 Å². The molecular weight excluding hydrogens is 278 g/mol. The fourth-order valence-electron chi connectivity index (χ4n) is 5.00. The number of rotatable bonds is 3. The highest BCUT2D eigenvalue weighted by molar-refractivity contribution is 5.50. The van der Waals surface area contributed by atoms with Crippen molar-refractivity contribution in [1.29, 1.82) is 0 Å². The molecule has 0 saturated heterocycles. The molecule has 1 aromatic carbocycles. The third-order valence-corrected chi connectivity index (χ3v) is 6.92. The van der Waals surface area contributed by atoms with E-state index in [9.17, 15) is 0 Å². The summed E-state index contributed by atoms with van der Waals surface area (Å²) in [7, 11) is 2.14. The summed E-state index contributed by atoms with van der Waals surface area (Å²) in [5.41, 5.74) is 7.19. The molecular formula is C22H37N. The van der Waals surface area contributed by atoms with Crippen LogP contribution < -0.4 is 5.32 Å². The average molecular weight is 316 g/mol. The van der Waals surface area contributed by atoms with Gasteiger partial charge in [-0.3, -0.25) is 0 Å². The first-order valence-corrected chi connectivity index (χ1v) is 9.55. The number of aryl methyl sites for hydroxylation is 1. The van der Waals surface area contributed by atoms with Crippen molar-refractivity contribution in [3.8, 4) is 0 Å². The highest BCUT2D eigenvalue weighted by atomic mass is 15.0. The lowest BCUT2D eigenvalue weighted by Gasteiger charge is -2.33. The predicted molar refractivity (Wildman–Crippen MR) is 102 cm³/mol. The molecule has 1 N–H and O–H groups in total. The Balaban J connectivity index is 0.00000208. The molecule has 2 unspecified atom stereocenters. The Kier molecular flexibility index (Phi) is 3.95. The van der Waals surface area contributed by atoms with Gasteiger partial charge in [-0.05, 0) is 71.7 Å². The van der Waals surface area contributed by atoms with Gasteiger partial charge < -0.3 is 5.32 Å². The van der Waals surface area contributed by atoms with Crippen molar-refractivity contribution in [2.45, 2.75) is 90.0 Å². The highest BCUT2D eigenvalue weighted by Crippen LogP contribution is 2.54. The summed E-state index contributed by atoms with van der Waals surface area (Å²) in [6, 6.07) is 5.17. The molecule has 0 amide bonds. The van der Waals surface area contributed by atoms with E-state index in [2.05, 4.69) is 66.0 Å². The Morgan fingerprint density at radius 3 is 2.00 bits per heavy atom. The largest absolute Gasteiger partial charge is 0.310 e. The quantitative estimate of drug-likeness (QED) is 0.707. The number of hydrogen-bond acceptors (Lipinski definition) is 1. The number of fused-ring (bicyclic) bond motifs is 1. The molecule has 2 atom stereocenters. The molecule has 2 aliphatic carbocycles. The molecule has 0 spiro atoms. The topological polar surface area (TPSA) is 12.0 Å². The molecule has 1 nitrogen and oxygen atoms in total. The smallest absolute Gasteiger partial charge is 0.0465 e. The zero-order chi connectivity index (χ0) is 17.0. The monoisotopic (exact) mass is 315 g/mol. The van der Waals surface area contributed by atoms with Crippen LogP contribution in [0.5, 0.6) is 0 Å². The van der Waals surface area contributed by atoms with Crippen LogP contribution in [0.2, 0.25) is 0 Å². The SMILES string of the molecule is CCc1cc2c(cc1C1(NC)CC1C)C(C)(C)CCCC2(C)C.[HH]. The first kappa shape index (κ1) is 17.0. The lowest BCUT2D eigenvalue weighted by atomic mass is 9.72. The van der Waals surface area contributed by atoms with Gasteiger partial charge in [0.2, 0.25) is 0 Å². The summed E-state index contributed by atoms with van der Waals surface area (Å²) < 4.78 is 0. The van der Waals surface area contributed by atoms with Crippen LogP contribution in [0.15, 0.2) is 12.1 Å². The van der Waals surface area contributed by atoms with Crippen molar-refractivity contribution in [2.24, 2.45) is 5.92 Å². The van der Waals surface area contributed by atoms with E-state index in [0.29, 0.717) is 5.41 Å². The normalized spacial score (nSPS) is 31.3. The minimum absolute atomic E-state index is 0. The standard InChI is InChI=1S/C22H35N.H2/c1-8-16-12-18-19(13-17(16)22(23-7)14-15(22)2)21(5,6)11-9-10-20(18,3)4;/h12-13,15,23H,8-11,14H2,1-7H3;1H. The molecule has 0 heterocycles. The van der Waals surface area contributed by atoms with Crippen molar-refractivity contribution in [2.75, 3.05) is 7.05 Å². The Bertz CT molecular complexity index is 613. The van der Waals surface area contributed by atoms with Gasteiger partial charge in [-0.2, -0.15) is 0 Å². The minimum atomic E-state index is 0. The molecule has 2 aliphatic rings. The third-order valence-electron chi connectivity index (χ3n) is 6.92. The van der Waals surface area contributed by atoms with Gasteiger partial charge in [0.15, 0.2) is 0 Å². The molecule has 1 aromatic rings. The second-order valence-corrected chi connectivity index (χ2v) is 9.36. The Morgan fingerprint density at radius 2 is 1.57 bits per heavy atom. The van der Waals surface area contributed by atoms with E-state index in [1.54, 1.807) is 22.3 Å². The first-order valence-electron chi connectivity index (χ1n) is 9.55. The van der Waals surface area contributed by atoms with Gasteiger partial charge in [-0.25, -0.2) is 0 Å². The van der Waals surface area contributed by atoms with Gasteiger partial charge in [0.05, 0.1) is 0 Å². The fourth-order valence-corrected chi connectivity index (χ4v) is 5.00. The highest BCUT2D eigenvalue weighted by Gasteiger charge is 2.52. The molecule has 1 fully saturated rings. The van der Waals surface area contributed by atoms with E-state index in [-0.39, 0.29) is 12.4 Å². The van der Waals surface area contributed by atoms with E-state index in [0.717, 1.165) is 12.3 Å². The maximum absolute atomic E-state index is 3.66. The van der Waals surface area contributed by atoms with Crippen LogP contribution >= 0.6 is 0 Å². The molecule has 0 radical (unpaired) electrons. The van der Waals surface area contributed by atoms with Crippen LogP contribution in [-0.4, -0.2) is 7.05 Å². The van der Waals surface area contributed by atoms with E-state index >= 15 is 0 Å². The molecule has 0 aromatic heterocycles. The van der Waals surface area contributed by atoms with Gasteiger partial charge in [0.1, 0.15) is 0 Å². The van der Waals surface area contributed by atoms with E-state index in [1.165, 1.54) is 25.7 Å². The van der Waals surface area contributed by atoms with Crippen LogP contribution in [0, 0.1) is 5.92 Å². The number of hydrogen-bond donors (Lipinski definition) is 1. The summed E-state index contributed by atoms with van der Waals surface area (Å²) >= 11 is 0. The molecule has 1 heteroatoms. The van der Waals surface area contributed by atoms with E-state index in [1.807, 2.05) is 0 Å². The second kappa shape index (κ2) is 5.34. The predicted octanol–water partition coefficient (Wildman–Crippen LogP) is 5.69. The van der Waals surface area contributed by atoms with Crippen molar-refractivity contribution < 1.29 is 1.43 Å². The van der Waals surface area contributed by atoms with Gasteiger partial charge in [-0.1, -0.05) is 60.1 Å². The maximum atomic E-state index is 3.66. The lowest BCUT2D eigenvalue weighted by molar-refractivity contribution is 0.433. The van der Waals surface area contributed by atoms with Crippen molar-refractivity contribution in [3.05, 3.63) is 34.4 Å². The fraction of sp³-hybridized carbons (Fsp3) is 0.727. The maximum Gasteiger partial charge on any atom is 0.0465 e. The molecule has 0 bridgehead atoms. The Hall–Kier alpha value is -0.820. The molecule has 0 aliphatic heterocycles. The first-order chi connectivity index (χ1) is 10.7. The molecule has 130 valence electrons. The summed E-state index contributed by atoms with van der Waals surface area (Å²) in [6.07, 6.45) is 6.35. The van der Waals surface area contributed by atoms with Crippen LogP contribution in [0.1, 0.15) is 90.9 Å². The molecule has 23 heavy (non-hydrogen) atoms. The van der Waals surface area contributed by atoms with Crippen LogP contribution in [-0.2, 0) is 22.8 Å². The van der Waals surface area contributed by atoms with E-state index < -0.39 is 0 Å². The second-order valence-electron chi connectivity index (χ2n) is 9.36. The lowest BCUT2D eigenvalue weighted by Crippen LogP contribution is -2.30. The average Bonchev–Trinajstić information content (AvgIpc) is 3.17.